The largest absolute Gasteiger partial charge is 0.479 e. The molecule has 0 unspecified atom stereocenters. The zero-order chi connectivity index (χ0) is 15.8. The van der Waals surface area contributed by atoms with E-state index < -0.39 is 29.2 Å². The molecule has 1 aromatic rings. The summed E-state index contributed by atoms with van der Waals surface area (Å²) in [6.45, 7) is 5.46. The predicted molar refractivity (Wildman–Crippen MR) is 76.2 cm³/mol. The first-order chi connectivity index (χ1) is 9.79. The number of aliphatic carboxylic acids is 1. The van der Waals surface area contributed by atoms with Gasteiger partial charge in [0.2, 0.25) is 11.8 Å². The van der Waals surface area contributed by atoms with Gasteiger partial charge in [0, 0.05) is 6.42 Å². The fraction of sp³-hybridized carbons (Fsp3) is 0.438. The van der Waals surface area contributed by atoms with Crippen LogP contribution >= 0.6 is 0 Å². The highest BCUT2D eigenvalue weighted by Crippen LogP contribution is 2.42. The van der Waals surface area contributed by atoms with Crippen LogP contribution in [0.2, 0.25) is 0 Å². The number of amides is 2. The van der Waals surface area contributed by atoms with Crippen LogP contribution in [0.1, 0.15) is 38.8 Å². The fourth-order valence-corrected chi connectivity index (χ4v) is 2.61. The lowest BCUT2D eigenvalue weighted by atomic mass is 9.78. The van der Waals surface area contributed by atoms with Crippen LogP contribution in [0, 0.1) is 11.3 Å². The van der Waals surface area contributed by atoms with Crippen molar-refractivity contribution in [3.8, 4) is 0 Å². The van der Waals surface area contributed by atoms with E-state index in [2.05, 4.69) is 0 Å². The fourth-order valence-electron chi connectivity index (χ4n) is 2.61. The van der Waals surface area contributed by atoms with Crippen LogP contribution in [-0.2, 0) is 14.4 Å². The van der Waals surface area contributed by atoms with Crippen molar-refractivity contribution < 1.29 is 19.5 Å². The van der Waals surface area contributed by atoms with Gasteiger partial charge in [-0.1, -0.05) is 44.2 Å². The van der Waals surface area contributed by atoms with E-state index in [-0.39, 0.29) is 12.3 Å². The number of rotatable bonds is 4. The molecule has 1 fully saturated rings. The van der Waals surface area contributed by atoms with Crippen molar-refractivity contribution in [3.05, 3.63) is 35.9 Å². The molecule has 0 saturated carbocycles. The van der Waals surface area contributed by atoms with Gasteiger partial charge in [-0.25, -0.2) is 4.79 Å². The lowest BCUT2D eigenvalue weighted by Gasteiger charge is -2.28. The second kappa shape index (κ2) is 5.31. The summed E-state index contributed by atoms with van der Waals surface area (Å²) >= 11 is 0. The molecule has 0 bridgehead atoms. The molecule has 0 spiro atoms. The number of carboxylic acids is 1. The number of nitrogens with zero attached hydrogens (tertiary/aromatic N) is 1. The maximum absolute atomic E-state index is 12.6. The van der Waals surface area contributed by atoms with E-state index in [9.17, 15) is 19.5 Å². The highest BCUT2D eigenvalue weighted by molar-refractivity contribution is 6.08. The Hall–Kier alpha value is -2.17. The molecule has 112 valence electrons. The molecular weight excluding hydrogens is 270 g/mol. The molecule has 21 heavy (non-hydrogen) atoms. The van der Waals surface area contributed by atoms with E-state index in [1.54, 1.807) is 37.3 Å². The summed E-state index contributed by atoms with van der Waals surface area (Å²) in [5.74, 6) is -2.06. The molecule has 5 nitrogen and oxygen atoms in total. The monoisotopic (exact) mass is 289 g/mol. The molecule has 1 saturated heterocycles. The molecule has 0 radical (unpaired) electrons. The van der Waals surface area contributed by atoms with Crippen LogP contribution in [0.5, 0.6) is 0 Å². The van der Waals surface area contributed by atoms with Crippen LogP contribution < -0.4 is 0 Å². The third-order valence-corrected chi connectivity index (χ3v) is 4.38. The average Bonchev–Trinajstić information content (AvgIpc) is 2.65. The zero-order valence-corrected chi connectivity index (χ0v) is 12.4. The van der Waals surface area contributed by atoms with E-state index in [4.69, 9.17) is 0 Å². The van der Waals surface area contributed by atoms with Gasteiger partial charge in [-0.3, -0.25) is 14.5 Å². The van der Waals surface area contributed by atoms with Gasteiger partial charge < -0.3 is 5.11 Å². The summed E-state index contributed by atoms with van der Waals surface area (Å²) in [7, 11) is 0. The minimum atomic E-state index is -1.26. The van der Waals surface area contributed by atoms with Gasteiger partial charge in [-0.15, -0.1) is 0 Å². The van der Waals surface area contributed by atoms with Gasteiger partial charge in [-0.2, -0.15) is 0 Å². The third kappa shape index (κ3) is 2.44. The molecular formula is C16H19NO4. The Kier molecular flexibility index (Phi) is 3.85. The Morgan fingerprint density at radius 2 is 1.81 bits per heavy atom. The van der Waals surface area contributed by atoms with Crippen LogP contribution in [0.3, 0.4) is 0 Å². The number of imide groups is 1. The summed E-state index contributed by atoms with van der Waals surface area (Å²) in [5, 5.41) is 9.49. The molecule has 5 heteroatoms. The number of carboxylic acid groups (broad SMARTS) is 1. The summed E-state index contributed by atoms with van der Waals surface area (Å²) in [5.41, 5.74) is -0.403. The number of hydrogen-bond acceptors (Lipinski definition) is 3. The molecule has 1 N–H and O–H groups in total. The van der Waals surface area contributed by atoms with Crippen molar-refractivity contribution in [2.75, 3.05) is 0 Å². The van der Waals surface area contributed by atoms with Crippen LogP contribution in [-0.4, -0.2) is 27.8 Å². The van der Waals surface area contributed by atoms with Gasteiger partial charge in [0.05, 0.1) is 5.41 Å². The Morgan fingerprint density at radius 1 is 1.24 bits per heavy atom. The second-order valence-electron chi connectivity index (χ2n) is 5.97. The van der Waals surface area contributed by atoms with Crippen LogP contribution in [0.25, 0.3) is 0 Å². The number of hydrogen-bond donors (Lipinski definition) is 1. The minimum Gasteiger partial charge on any atom is -0.479 e. The molecule has 2 rings (SSSR count). The number of benzene rings is 1. The van der Waals surface area contributed by atoms with Crippen molar-refractivity contribution >= 4 is 17.8 Å². The summed E-state index contributed by atoms with van der Waals surface area (Å²) in [4.78, 5) is 37.4. The highest BCUT2D eigenvalue weighted by Gasteiger charge is 2.53. The van der Waals surface area contributed by atoms with Crippen molar-refractivity contribution in [2.24, 2.45) is 11.3 Å². The third-order valence-electron chi connectivity index (χ3n) is 4.38. The van der Waals surface area contributed by atoms with Crippen LogP contribution in [0.4, 0.5) is 0 Å². The Balaban J connectivity index is 2.45. The number of carbonyl (C=O) groups is 3. The molecule has 0 aromatic heterocycles. The lowest BCUT2D eigenvalue weighted by molar-refractivity contribution is -0.156. The maximum atomic E-state index is 12.6. The molecule has 1 aromatic carbocycles. The van der Waals surface area contributed by atoms with Gasteiger partial charge >= 0.3 is 5.97 Å². The standard InChI is InChI=1S/C16H19NO4/c1-10(2)16(3)9-12(18)17(15(16)21)13(14(19)20)11-7-5-4-6-8-11/h4-8,10,13H,9H2,1-3H3,(H,19,20)/t13-,16-/m1/s1. The average molecular weight is 289 g/mol. The maximum Gasteiger partial charge on any atom is 0.331 e. The SMILES string of the molecule is CC(C)[C@@]1(C)CC(=O)N([C@@H](C(=O)O)c2ccccc2)C1=O. The molecule has 1 heterocycles. The molecule has 0 aliphatic carbocycles. The van der Waals surface area contributed by atoms with Crippen molar-refractivity contribution in [2.45, 2.75) is 33.2 Å². The predicted octanol–water partition coefficient (Wildman–Crippen LogP) is 2.23. The molecule has 2 amide bonds. The number of carbonyl (C=O) groups excluding carboxylic acids is 2. The number of likely N-dealkylation sites (tertiary alicyclic amines) is 1. The normalized spacial score (nSPS) is 23.7. The van der Waals surface area contributed by atoms with Gasteiger partial charge in [-0.05, 0) is 18.4 Å². The van der Waals surface area contributed by atoms with Gasteiger partial charge in [0.1, 0.15) is 0 Å². The van der Waals surface area contributed by atoms with Crippen molar-refractivity contribution in [1.82, 2.24) is 4.90 Å². The van der Waals surface area contributed by atoms with E-state index >= 15 is 0 Å². The smallest absolute Gasteiger partial charge is 0.331 e. The summed E-state index contributed by atoms with van der Waals surface area (Å²) in [6, 6.07) is 7.12. The van der Waals surface area contributed by atoms with E-state index in [0.29, 0.717) is 5.56 Å². The topological polar surface area (TPSA) is 74.7 Å². The Bertz CT molecular complexity index is 581. The van der Waals surface area contributed by atoms with E-state index in [1.165, 1.54) is 0 Å². The Labute approximate surface area is 123 Å². The summed E-state index contributed by atoms with van der Waals surface area (Å²) in [6.07, 6.45) is 0.0557. The molecule has 1 aliphatic rings. The van der Waals surface area contributed by atoms with Crippen molar-refractivity contribution in [1.29, 1.82) is 0 Å². The lowest BCUT2D eigenvalue weighted by Crippen LogP contribution is -2.42. The second-order valence-corrected chi connectivity index (χ2v) is 5.97. The quantitative estimate of drug-likeness (QED) is 0.862. The Morgan fingerprint density at radius 3 is 2.24 bits per heavy atom. The first-order valence-corrected chi connectivity index (χ1v) is 6.93. The first kappa shape index (κ1) is 15.2. The summed E-state index contributed by atoms with van der Waals surface area (Å²) < 4.78 is 0. The van der Waals surface area contributed by atoms with E-state index in [1.807, 2.05) is 13.8 Å². The zero-order valence-electron chi connectivity index (χ0n) is 12.4. The van der Waals surface area contributed by atoms with Gasteiger partial charge in [0.15, 0.2) is 6.04 Å². The van der Waals surface area contributed by atoms with E-state index in [0.717, 1.165) is 4.90 Å². The van der Waals surface area contributed by atoms with Gasteiger partial charge in [0.25, 0.3) is 0 Å². The highest BCUT2D eigenvalue weighted by atomic mass is 16.4. The molecule has 1 aliphatic heterocycles. The molecule has 2 atom stereocenters. The van der Waals surface area contributed by atoms with Crippen LogP contribution in [0.15, 0.2) is 30.3 Å². The van der Waals surface area contributed by atoms with Crippen molar-refractivity contribution in [3.63, 3.8) is 0 Å². The first-order valence-electron chi connectivity index (χ1n) is 6.93. The minimum absolute atomic E-state index is 0.0378.